The molecule has 0 saturated heterocycles. The van der Waals surface area contributed by atoms with E-state index in [1.165, 1.54) is 0 Å². The van der Waals surface area contributed by atoms with Crippen LogP contribution in [0.1, 0.15) is 12.5 Å². The largest absolute Gasteiger partial charge is 0.542 e. The van der Waals surface area contributed by atoms with E-state index in [0.29, 0.717) is 0 Å². The molecule has 0 unspecified atom stereocenters. The second kappa shape index (κ2) is 5.21. The molecule has 1 rings (SSSR count). The van der Waals surface area contributed by atoms with Gasteiger partial charge in [-0.2, -0.15) is 0 Å². The molecule has 0 heterocycles. The van der Waals surface area contributed by atoms with Gasteiger partial charge in [0.15, 0.2) is 5.75 Å². The fourth-order valence-corrected chi connectivity index (χ4v) is 2.22. The SMILES string of the molecule is CC=Cc1ccc(O[Si](C)(C)C)c(OC)c1. The first-order valence-electron chi connectivity index (χ1n) is 5.46. The molecule has 0 aliphatic rings. The lowest BCUT2D eigenvalue weighted by atomic mass is 10.2. The van der Waals surface area contributed by atoms with E-state index >= 15 is 0 Å². The monoisotopic (exact) mass is 236 g/mol. The van der Waals surface area contributed by atoms with Gasteiger partial charge < -0.3 is 9.16 Å². The summed E-state index contributed by atoms with van der Waals surface area (Å²) in [5.74, 6) is 1.65. The van der Waals surface area contributed by atoms with Gasteiger partial charge in [-0.15, -0.1) is 0 Å². The first kappa shape index (κ1) is 12.8. The molecule has 1 aromatic carbocycles. The zero-order valence-corrected chi connectivity index (χ0v) is 11.7. The van der Waals surface area contributed by atoms with Crippen LogP contribution in [0.3, 0.4) is 0 Å². The van der Waals surface area contributed by atoms with Gasteiger partial charge in [0.05, 0.1) is 7.11 Å². The van der Waals surface area contributed by atoms with Gasteiger partial charge in [0, 0.05) is 0 Å². The normalized spacial score (nSPS) is 11.8. The molecule has 0 aliphatic carbocycles. The first-order chi connectivity index (χ1) is 7.46. The van der Waals surface area contributed by atoms with Crippen molar-refractivity contribution in [2.45, 2.75) is 26.6 Å². The molecule has 88 valence electrons. The molecule has 0 amide bonds. The highest BCUT2D eigenvalue weighted by Crippen LogP contribution is 2.30. The van der Waals surface area contributed by atoms with Crippen molar-refractivity contribution in [2.24, 2.45) is 0 Å². The molecule has 0 atom stereocenters. The lowest BCUT2D eigenvalue weighted by molar-refractivity contribution is 0.392. The zero-order valence-electron chi connectivity index (χ0n) is 10.7. The fraction of sp³-hybridized carbons (Fsp3) is 0.385. The van der Waals surface area contributed by atoms with Crippen molar-refractivity contribution in [2.75, 3.05) is 7.11 Å². The van der Waals surface area contributed by atoms with Gasteiger partial charge >= 0.3 is 0 Å². The van der Waals surface area contributed by atoms with E-state index in [1.54, 1.807) is 7.11 Å². The van der Waals surface area contributed by atoms with Crippen molar-refractivity contribution in [1.29, 1.82) is 0 Å². The number of allylic oxidation sites excluding steroid dienone is 1. The van der Waals surface area contributed by atoms with Crippen LogP contribution in [0, 0.1) is 0 Å². The van der Waals surface area contributed by atoms with Crippen LogP contribution in [0.2, 0.25) is 19.6 Å². The van der Waals surface area contributed by atoms with Crippen LogP contribution >= 0.6 is 0 Å². The summed E-state index contributed by atoms with van der Waals surface area (Å²) in [4.78, 5) is 0. The average Bonchev–Trinajstić information content (AvgIpc) is 2.18. The van der Waals surface area contributed by atoms with Crippen LogP contribution in [-0.2, 0) is 0 Å². The molecule has 1 aromatic rings. The molecule has 16 heavy (non-hydrogen) atoms. The maximum Gasteiger partial charge on any atom is 0.242 e. The van der Waals surface area contributed by atoms with Crippen molar-refractivity contribution in [3.05, 3.63) is 29.8 Å². The molecular formula is C13H20O2Si. The second-order valence-corrected chi connectivity index (χ2v) is 9.05. The predicted octanol–water partition coefficient (Wildman–Crippen LogP) is 3.94. The highest BCUT2D eigenvalue weighted by molar-refractivity contribution is 6.70. The van der Waals surface area contributed by atoms with E-state index in [4.69, 9.17) is 9.16 Å². The molecular weight excluding hydrogens is 216 g/mol. The van der Waals surface area contributed by atoms with E-state index in [1.807, 2.05) is 37.3 Å². The van der Waals surface area contributed by atoms with Gasteiger partial charge in [-0.25, -0.2) is 0 Å². The van der Waals surface area contributed by atoms with Gasteiger partial charge in [-0.3, -0.25) is 0 Å². The quantitative estimate of drug-likeness (QED) is 0.737. The molecule has 0 aromatic heterocycles. The number of hydrogen-bond donors (Lipinski definition) is 0. The highest BCUT2D eigenvalue weighted by Gasteiger charge is 2.18. The van der Waals surface area contributed by atoms with Crippen molar-refractivity contribution < 1.29 is 9.16 Å². The number of ether oxygens (including phenoxy) is 1. The van der Waals surface area contributed by atoms with Crippen molar-refractivity contribution >= 4 is 14.4 Å². The predicted molar refractivity (Wildman–Crippen MR) is 71.7 cm³/mol. The number of methoxy groups -OCH3 is 1. The van der Waals surface area contributed by atoms with Crippen LogP contribution < -0.4 is 9.16 Å². The van der Waals surface area contributed by atoms with Gasteiger partial charge in [0.2, 0.25) is 8.32 Å². The summed E-state index contributed by atoms with van der Waals surface area (Å²) < 4.78 is 11.3. The molecule has 0 N–H and O–H groups in total. The minimum Gasteiger partial charge on any atom is -0.542 e. The Morgan fingerprint density at radius 3 is 2.31 bits per heavy atom. The lowest BCUT2D eigenvalue weighted by Crippen LogP contribution is -2.29. The Balaban J connectivity index is 3.02. The smallest absolute Gasteiger partial charge is 0.242 e. The molecule has 2 nitrogen and oxygen atoms in total. The topological polar surface area (TPSA) is 18.5 Å². The Labute approximate surface area is 99.0 Å². The van der Waals surface area contributed by atoms with Gasteiger partial charge in [-0.05, 0) is 44.3 Å². The molecule has 3 heteroatoms. The third-order valence-electron chi connectivity index (χ3n) is 1.96. The van der Waals surface area contributed by atoms with Crippen LogP contribution in [0.4, 0.5) is 0 Å². The maximum atomic E-state index is 5.95. The molecule has 0 spiro atoms. The Hall–Kier alpha value is -1.22. The van der Waals surface area contributed by atoms with Crippen molar-refractivity contribution in [1.82, 2.24) is 0 Å². The third kappa shape index (κ3) is 3.74. The van der Waals surface area contributed by atoms with Crippen molar-refractivity contribution in [3.63, 3.8) is 0 Å². The Kier molecular flexibility index (Phi) is 4.18. The summed E-state index contributed by atoms with van der Waals surface area (Å²) in [6.45, 7) is 8.48. The fourth-order valence-electron chi connectivity index (χ4n) is 1.39. The van der Waals surface area contributed by atoms with E-state index in [2.05, 4.69) is 19.6 Å². The number of rotatable bonds is 4. The van der Waals surface area contributed by atoms with Crippen LogP contribution in [0.5, 0.6) is 11.5 Å². The molecule has 0 radical (unpaired) electrons. The summed E-state index contributed by atoms with van der Waals surface area (Å²) >= 11 is 0. The second-order valence-electron chi connectivity index (χ2n) is 4.62. The number of benzene rings is 1. The van der Waals surface area contributed by atoms with Crippen LogP contribution in [0.25, 0.3) is 6.08 Å². The summed E-state index contributed by atoms with van der Waals surface area (Å²) in [6, 6.07) is 6.01. The van der Waals surface area contributed by atoms with Gasteiger partial charge in [0.25, 0.3) is 0 Å². The average molecular weight is 236 g/mol. The molecule has 0 saturated carbocycles. The summed E-state index contributed by atoms with van der Waals surface area (Å²) in [7, 11) is 0.0929. The molecule has 0 bridgehead atoms. The van der Waals surface area contributed by atoms with E-state index in [-0.39, 0.29) is 0 Å². The van der Waals surface area contributed by atoms with Gasteiger partial charge in [0.1, 0.15) is 5.75 Å². The summed E-state index contributed by atoms with van der Waals surface area (Å²) in [5, 5.41) is 0. The van der Waals surface area contributed by atoms with E-state index in [0.717, 1.165) is 17.1 Å². The molecule has 0 fully saturated rings. The third-order valence-corrected chi connectivity index (χ3v) is 2.80. The zero-order chi connectivity index (χ0) is 12.2. The van der Waals surface area contributed by atoms with E-state index in [9.17, 15) is 0 Å². The Bertz CT molecular complexity index is 378. The van der Waals surface area contributed by atoms with Crippen LogP contribution in [0.15, 0.2) is 24.3 Å². The van der Waals surface area contributed by atoms with Gasteiger partial charge in [-0.1, -0.05) is 18.2 Å². The minimum atomic E-state index is -1.58. The highest BCUT2D eigenvalue weighted by atomic mass is 28.4. The standard InChI is InChI=1S/C13H20O2Si/c1-6-7-11-8-9-12(13(10-11)14-2)15-16(3,4)5/h6-10H,1-5H3. The first-order valence-corrected chi connectivity index (χ1v) is 8.87. The van der Waals surface area contributed by atoms with Crippen molar-refractivity contribution in [3.8, 4) is 11.5 Å². The van der Waals surface area contributed by atoms with Crippen LogP contribution in [-0.4, -0.2) is 15.4 Å². The minimum absolute atomic E-state index is 0.804. The lowest BCUT2D eigenvalue weighted by Gasteiger charge is -2.21. The summed E-state index contributed by atoms with van der Waals surface area (Å²) in [5.41, 5.74) is 1.13. The number of hydrogen-bond acceptors (Lipinski definition) is 2. The summed E-state index contributed by atoms with van der Waals surface area (Å²) in [6.07, 6.45) is 4.05. The Morgan fingerprint density at radius 2 is 1.81 bits per heavy atom. The Morgan fingerprint density at radius 1 is 1.12 bits per heavy atom. The van der Waals surface area contributed by atoms with E-state index < -0.39 is 8.32 Å². The molecule has 0 aliphatic heterocycles. The maximum absolute atomic E-state index is 5.95.